The average molecular weight is 397 g/mol. The summed E-state index contributed by atoms with van der Waals surface area (Å²) in [6, 6.07) is 15.1. The number of hydrogen-bond acceptors (Lipinski definition) is 6. The van der Waals surface area contributed by atoms with Crippen LogP contribution in [0.1, 0.15) is 27.8 Å². The number of hydrogen-bond donors (Lipinski definition) is 2. The molecule has 2 N–H and O–H groups in total. The van der Waals surface area contributed by atoms with Gasteiger partial charge in [0.25, 0.3) is 5.91 Å². The van der Waals surface area contributed by atoms with Crippen molar-refractivity contribution in [3.8, 4) is 0 Å². The van der Waals surface area contributed by atoms with E-state index < -0.39 is 5.91 Å². The number of ether oxygens (including phenoxy) is 1. The highest BCUT2D eigenvalue weighted by molar-refractivity contribution is 6.33. The highest BCUT2D eigenvalue weighted by atomic mass is 35.5. The molecule has 0 fully saturated rings. The largest absolute Gasteiger partial charge is 0.462 e. The maximum atomic E-state index is 12.4. The van der Waals surface area contributed by atoms with Crippen LogP contribution in [-0.2, 0) is 4.74 Å². The number of esters is 1. The molecule has 8 heteroatoms. The molecule has 0 radical (unpaired) electrons. The molecule has 3 rings (SSSR count). The normalized spacial score (nSPS) is 10.2. The maximum absolute atomic E-state index is 12.4. The Balaban J connectivity index is 1.70. The number of aromatic nitrogens is 2. The van der Waals surface area contributed by atoms with Gasteiger partial charge in [0.05, 0.1) is 22.9 Å². The molecule has 1 aromatic heterocycles. The summed E-state index contributed by atoms with van der Waals surface area (Å²) in [6.07, 6.45) is 1.48. The minimum Gasteiger partial charge on any atom is -0.462 e. The quantitative estimate of drug-likeness (QED) is 0.603. The van der Waals surface area contributed by atoms with Crippen LogP contribution < -0.4 is 10.6 Å². The predicted octanol–water partition coefficient (Wildman–Crippen LogP) is 4.30. The van der Waals surface area contributed by atoms with E-state index in [9.17, 15) is 9.59 Å². The van der Waals surface area contributed by atoms with E-state index in [4.69, 9.17) is 16.3 Å². The Morgan fingerprint density at radius 2 is 1.82 bits per heavy atom. The molecule has 142 valence electrons. The van der Waals surface area contributed by atoms with Gasteiger partial charge in [-0.2, -0.15) is 0 Å². The fourth-order valence-electron chi connectivity index (χ4n) is 2.33. The van der Waals surface area contributed by atoms with Gasteiger partial charge in [-0.05, 0) is 49.4 Å². The van der Waals surface area contributed by atoms with Crippen LogP contribution in [0, 0.1) is 0 Å². The first kappa shape index (κ1) is 19.3. The second kappa shape index (κ2) is 8.96. The van der Waals surface area contributed by atoms with Gasteiger partial charge in [0, 0.05) is 11.9 Å². The molecule has 3 aromatic rings. The van der Waals surface area contributed by atoms with Gasteiger partial charge in [-0.3, -0.25) is 4.79 Å². The lowest BCUT2D eigenvalue weighted by molar-refractivity contribution is 0.0526. The summed E-state index contributed by atoms with van der Waals surface area (Å²) in [7, 11) is 0. The molecule has 1 heterocycles. The van der Waals surface area contributed by atoms with Crippen LogP contribution in [0.5, 0.6) is 0 Å². The number of anilines is 3. The third-order valence-corrected chi connectivity index (χ3v) is 3.99. The van der Waals surface area contributed by atoms with Crippen molar-refractivity contribution in [2.75, 3.05) is 17.2 Å². The lowest BCUT2D eigenvalue weighted by Gasteiger charge is -2.09. The molecule has 0 aliphatic heterocycles. The molecule has 2 aromatic carbocycles. The second-order valence-electron chi connectivity index (χ2n) is 5.62. The second-order valence-corrected chi connectivity index (χ2v) is 6.03. The van der Waals surface area contributed by atoms with Gasteiger partial charge in [0.15, 0.2) is 0 Å². The number of para-hydroxylation sites is 1. The van der Waals surface area contributed by atoms with E-state index in [1.807, 2.05) is 0 Å². The molecule has 0 aliphatic carbocycles. The molecule has 0 bridgehead atoms. The van der Waals surface area contributed by atoms with Crippen molar-refractivity contribution in [3.63, 3.8) is 0 Å². The zero-order valence-corrected chi connectivity index (χ0v) is 15.7. The fourth-order valence-corrected chi connectivity index (χ4v) is 2.51. The molecule has 0 atom stereocenters. The van der Waals surface area contributed by atoms with Gasteiger partial charge in [-0.1, -0.05) is 23.7 Å². The number of carbonyl (C=O) groups is 2. The SMILES string of the molecule is CCOC(=O)c1ccc(Nc2nccc(C(=O)Nc3ccccc3Cl)n2)cc1. The van der Waals surface area contributed by atoms with E-state index in [2.05, 4.69) is 20.6 Å². The first-order valence-electron chi connectivity index (χ1n) is 8.50. The number of nitrogens with one attached hydrogen (secondary N) is 2. The summed E-state index contributed by atoms with van der Waals surface area (Å²) in [4.78, 5) is 32.4. The number of rotatable bonds is 6. The summed E-state index contributed by atoms with van der Waals surface area (Å²) >= 11 is 6.06. The molecule has 28 heavy (non-hydrogen) atoms. The van der Waals surface area contributed by atoms with E-state index >= 15 is 0 Å². The first-order chi connectivity index (χ1) is 13.6. The van der Waals surface area contributed by atoms with Gasteiger partial charge in [-0.15, -0.1) is 0 Å². The van der Waals surface area contributed by atoms with Crippen LogP contribution in [0.15, 0.2) is 60.8 Å². The Hall–Kier alpha value is -3.45. The highest BCUT2D eigenvalue weighted by Gasteiger charge is 2.11. The number of benzene rings is 2. The van der Waals surface area contributed by atoms with Crippen LogP contribution in [0.3, 0.4) is 0 Å². The molecule has 7 nitrogen and oxygen atoms in total. The molecular weight excluding hydrogens is 380 g/mol. The number of amides is 1. The van der Waals surface area contributed by atoms with Crippen molar-refractivity contribution in [1.29, 1.82) is 0 Å². The van der Waals surface area contributed by atoms with E-state index in [1.54, 1.807) is 55.5 Å². The van der Waals surface area contributed by atoms with Gasteiger partial charge < -0.3 is 15.4 Å². The average Bonchev–Trinajstić information content (AvgIpc) is 2.70. The van der Waals surface area contributed by atoms with Crippen molar-refractivity contribution in [2.45, 2.75) is 6.92 Å². The van der Waals surface area contributed by atoms with Crippen LogP contribution in [-0.4, -0.2) is 28.5 Å². The van der Waals surface area contributed by atoms with E-state index in [0.717, 1.165) is 0 Å². The molecule has 0 spiro atoms. The molecule has 0 saturated heterocycles. The smallest absolute Gasteiger partial charge is 0.338 e. The Labute approximate surface area is 166 Å². The summed E-state index contributed by atoms with van der Waals surface area (Å²) in [5.74, 6) is -0.546. The van der Waals surface area contributed by atoms with Gasteiger partial charge in [0.1, 0.15) is 5.69 Å². The van der Waals surface area contributed by atoms with Crippen LogP contribution in [0.2, 0.25) is 5.02 Å². The molecule has 0 aliphatic rings. The van der Waals surface area contributed by atoms with Crippen molar-refractivity contribution in [3.05, 3.63) is 77.1 Å². The zero-order valence-electron chi connectivity index (χ0n) is 15.0. The third kappa shape index (κ3) is 4.83. The van der Waals surface area contributed by atoms with Gasteiger partial charge in [-0.25, -0.2) is 14.8 Å². The molecule has 1 amide bonds. The van der Waals surface area contributed by atoms with Crippen molar-refractivity contribution >= 4 is 40.8 Å². The highest BCUT2D eigenvalue weighted by Crippen LogP contribution is 2.21. The number of nitrogens with zero attached hydrogens (tertiary/aromatic N) is 2. The monoisotopic (exact) mass is 396 g/mol. The summed E-state index contributed by atoms with van der Waals surface area (Å²) in [6.45, 7) is 2.07. The fraction of sp³-hybridized carbons (Fsp3) is 0.100. The van der Waals surface area contributed by atoms with Gasteiger partial charge >= 0.3 is 5.97 Å². The minimum absolute atomic E-state index is 0.181. The first-order valence-corrected chi connectivity index (χ1v) is 8.87. The van der Waals surface area contributed by atoms with E-state index in [1.165, 1.54) is 12.3 Å². The zero-order chi connectivity index (χ0) is 19.9. The third-order valence-electron chi connectivity index (χ3n) is 3.66. The van der Waals surface area contributed by atoms with Gasteiger partial charge in [0.2, 0.25) is 5.95 Å². The van der Waals surface area contributed by atoms with Crippen molar-refractivity contribution in [2.24, 2.45) is 0 Å². The Bertz CT molecular complexity index is 993. The number of carbonyl (C=O) groups excluding carboxylic acids is 2. The number of halogens is 1. The summed E-state index contributed by atoms with van der Waals surface area (Å²) in [5.41, 5.74) is 1.79. The summed E-state index contributed by atoms with van der Waals surface area (Å²) < 4.78 is 4.95. The lowest BCUT2D eigenvalue weighted by Crippen LogP contribution is -2.15. The standard InChI is InChI=1S/C20H17ClN4O3/c1-2-28-19(27)13-7-9-14(10-8-13)23-20-22-12-11-17(25-20)18(26)24-16-6-4-3-5-15(16)21/h3-12H,2H2,1H3,(H,24,26)(H,22,23,25). The van der Waals surface area contributed by atoms with Crippen LogP contribution in [0.25, 0.3) is 0 Å². The molecule has 0 saturated carbocycles. The van der Waals surface area contributed by atoms with E-state index in [0.29, 0.717) is 28.6 Å². The van der Waals surface area contributed by atoms with Crippen LogP contribution >= 0.6 is 11.6 Å². The Morgan fingerprint density at radius 3 is 2.54 bits per heavy atom. The van der Waals surface area contributed by atoms with E-state index in [-0.39, 0.29) is 17.6 Å². The predicted molar refractivity (Wildman–Crippen MR) is 107 cm³/mol. The van der Waals surface area contributed by atoms with Crippen molar-refractivity contribution < 1.29 is 14.3 Å². The Kier molecular flexibility index (Phi) is 6.18. The molecule has 0 unspecified atom stereocenters. The minimum atomic E-state index is -0.406. The van der Waals surface area contributed by atoms with Crippen molar-refractivity contribution in [1.82, 2.24) is 9.97 Å². The summed E-state index contributed by atoms with van der Waals surface area (Å²) in [5, 5.41) is 6.14. The van der Waals surface area contributed by atoms with Crippen LogP contribution in [0.4, 0.5) is 17.3 Å². The maximum Gasteiger partial charge on any atom is 0.338 e. The lowest BCUT2D eigenvalue weighted by atomic mass is 10.2. The topological polar surface area (TPSA) is 93.2 Å². The Morgan fingerprint density at radius 1 is 1.07 bits per heavy atom. The molecular formula is C20H17ClN4O3.